The van der Waals surface area contributed by atoms with E-state index in [2.05, 4.69) is 0 Å². The molecule has 0 saturated carbocycles. The van der Waals surface area contributed by atoms with Crippen LogP contribution in [0.2, 0.25) is 0 Å². The number of sulfone groups is 1. The number of carboxylic acids is 1. The first-order valence-corrected chi connectivity index (χ1v) is 8.73. The summed E-state index contributed by atoms with van der Waals surface area (Å²) >= 11 is 0. The van der Waals surface area contributed by atoms with Gasteiger partial charge < -0.3 is 10.8 Å². The van der Waals surface area contributed by atoms with E-state index in [0.717, 1.165) is 0 Å². The summed E-state index contributed by atoms with van der Waals surface area (Å²) in [6.45, 7) is 8.63. The van der Waals surface area contributed by atoms with E-state index in [9.17, 15) is 18.3 Å². The molecule has 0 fully saturated rings. The van der Waals surface area contributed by atoms with Gasteiger partial charge >= 0.3 is 5.97 Å². The molecule has 124 valence electrons. The number of hydrogen-bond donors (Lipinski definition) is 2. The van der Waals surface area contributed by atoms with Crippen molar-refractivity contribution in [2.75, 3.05) is 0 Å². The number of carbonyl (C=O) groups is 1. The molecule has 0 aliphatic carbocycles. The lowest BCUT2D eigenvalue weighted by molar-refractivity contribution is -0.139. The first kappa shape index (κ1) is 18.6. The summed E-state index contributed by atoms with van der Waals surface area (Å²) in [5.74, 6) is -1.06. The summed E-state index contributed by atoms with van der Waals surface area (Å²) in [7, 11) is -3.56. The predicted molar refractivity (Wildman–Crippen MR) is 86.3 cm³/mol. The molecule has 22 heavy (non-hydrogen) atoms. The van der Waals surface area contributed by atoms with E-state index in [1.165, 1.54) is 6.07 Å². The molecule has 0 aliphatic rings. The molecule has 0 spiro atoms. The molecule has 0 heterocycles. The van der Waals surface area contributed by atoms with Gasteiger partial charge in [-0.25, -0.2) is 8.42 Å². The van der Waals surface area contributed by atoms with Gasteiger partial charge in [-0.3, -0.25) is 4.79 Å². The second kappa shape index (κ2) is 6.01. The third-order valence-electron chi connectivity index (χ3n) is 4.06. The Morgan fingerprint density at radius 2 is 1.73 bits per heavy atom. The summed E-state index contributed by atoms with van der Waals surface area (Å²) in [5.41, 5.74) is 4.88. The molecule has 1 aromatic rings. The standard InChI is InChI=1S/C16H25NO4S/c1-11(2)22(20,21)13-9-7-6-8-12(13)16(17,10-14(18)19)15(3,4)5/h6-9,11H,10,17H2,1-5H3,(H,18,19). The van der Waals surface area contributed by atoms with Crippen LogP contribution >= 0.6 is 0 Å². The minimum absolute atomic E-state index is 0.115. The smallest absolute Gasteiger partial charge is 0.305 e. The molecule has 1 aromatic carbocycles. The van der Waals surface area contributed by atoms with E-state index in [0.29, 0.717) is 5.56 Å². The monoisotopic (exact) mass is 327 g/mol. The van der Waals surface area contributed by atoms with Crippen molar-refractivity contribution < 1.29 is 18.3 Å². The van der Waals surface area contributed by atoms with E-state index in [1.807, 2.05) is 20.8 Å². The van der Waals surface area contributed by atoms with Gasteiger partial charge in [-0.15, -0.1) is 0 Å². The molecule has 0 bridgehead atoms. The van der Waals surface area contributed by atoms with Crippen molar-refractivity contribution in [1.82, 2.24) is 0 Å². The van der Waals surface area contributed by atoms with Crippen LogP contribution < -0.4 is 5.73 Å². The van der Waals surface area contributed by atoms with E-state index >= 15 is 0 Å². The fourth-order valence-electron chi connectivity index (χ4n) is 2.34. The quantitative estimate of drug-likeness (QED) is 0.866. The lowest BCUT2D eigenvalue weighted by Crippen LogP contribution is -2.50. The zero-order valence-electron chi connectivity index (χ0n) is 13.8. The molecule has 0 radical (unpaired) electrons. The lowest BCUT2D eigenvalue weighted by atomic mass is 9.68. The molecule has 6 heteroatoms. The second-order valence-electron chi connectivity index (χ2n) is 6.88. The SMILES string of the molecule is CC(C)S(=O)(=O)c1ccccc1C(N)(CC(=O)O)C(C)(C)C. The van der Waals surface area contributed by atoms with Crippen molar-refractivity contribution >= 4 is 15.8 Å². The Kier molecular flexibility index (Phi) is 5.09. The maximum absolute atomic E-state index is 12.6. The maximum atomic E-state index is 12.6. The summed E-state index contributed by atoms with van der Waals surface area (Å²) in [5, 5.41) is 8.64. The van der Waals surface area contributed by atoms with Crippen molar-refractivity contribution in [2.24, 2.45) is 11.1 Å². The van der Waals surface area contributed by atoms with Crippen LogP contribution in [0, 0.1) is 5.41 Å². The highest BCUT2D eigenvalue weighted by atomic mass is 32.2. The Balaban J connectivity index is 3.70. The predicted octanol–water partition coefficient (Wildman–Crippen LogP) is 2.54. The van der Waals surface area contributed by atoms with Gasteiger partial charge in [0.25, 0.3) is 0 Å². The minimum atomic E-state index is -3.56. The summed E-state index contributed by atoms with van der Waals surface area (Å²) in [4.78, 5) is 11.4. The van der Waals surface area contributed by atoms with Gasteiger partial charge in [0, 0.05) is 0 Å². The molecule has 0 aliphatic heterocycles. The fourth-order valence-corrected chi connectivity index (χ4v) is 3.67. The number of hydrogen-bond acceptors (Lipinski definition) is 4. The zero-order valence-corrected chi connectivity index (χ0v) is 14.6. The molecular weight excluding hydrogens is 302 g/mol. The number of aliphatic carboxylic acids is 1. The minimum Gasteiger partial charge on any atom is -0.481 e. The van der Waals surface area contributed by atoms with Gasteiger partial charge in [-0.2, -0.15) is 0 Å². The van der Waals surface area contributed by atoms with Crippen LogP contribution in [-0.2, 0) is 20.2 Å². The Hall–Kier alpha value is -1.40. The van der Waals surface area contributed by atoms with Gasteiger partial charge in [0.15, 0.2) is 9.84 Å². The van der Waals surface area contributed by atoms with Crippen molar-refractivity contribution in [3.05, 3.63) is 29.8 Å². The van der Waals surface area contributed by atoms with Crippen LogP contribution in [-0.4, -0.2) is 24.7 Å². The number of benzene rings is 1. The van der Waals surface area contributed by atoms with Crippen LogP contribution in [0.3, 0.4) is 0 Å². The summed E-state index contributed by atoms with van der Waals surface area (Å²) < 4.78 is 25.2. The zero-order chi connectivity index (χ0) is 17.3. The molecular formula is C16H25NO4S. The van der Waals surface area contributed by atoms with Crippen LogP contribution in [0.15, 0.2) is 29.2 Å². The maximum Gasteiger partial charge on any atom is 0.305 e. The summed E-state index contributed by atoms with van der Waals surface area (Å²) in [6, 6.07) is 6.43. The number of nitrogens with two attached hydrogens (primary N) is 1. The van der Waals surface area contributed by atoms with E-state index < -0.39 is 32.0 Å². The highest BCUT2D eigenvalue weighted by Crippen LogP contribution is 2.42. The van der Waals surface area contributed by atoms with Gasteiger partial charge in [0.2, 0.25) is 0 Å². The van der Waals surface area contributed by atoms with Crippen molar-refractivity contribution in [1.29, 1.82) is 0 Å². The molecule has 1 atom stereocenters. The lowest BCUT2D eigenvalue weighted by Gasteiger charge is -2.42. The van der Waals surface area contributed by atoms with Crippen LogP contribution in [0.1, 0.15) is 46.6 Å². The highest BCUT2D eigenvalue weighted by Gasteiger charge is 2.44. The number of carboxylic acid groups (broad SMARTS) is 1. The molecule has 1 unspecified atom stereocenters. The molecule has 0 saturated heterocycles. The average molecular weight is 327 g/mol. The number of rotatable bonds is 5. The van der Waals surface area contributed by atoms with Crippen molar-refractivity contribution in [3.63, 3.8) is 0 Å². The van der Waals surface area contributed by atoms with Crippen LogP contribution in [0.4, 0.5) is 0 Å². The Bertz CT molecular complexity index is 659. The van der Waals surface area contributed by atoms with E-state index in [4.69, 9.17) is 5.73 Å². The molecule has 1 rings (SSSR count). The Morgan fingerprint density at radius 3 is 2.14 bits per heavy atom. The molecule has 3 N–H and O–H groups in total. The highest BCUT2D eigenvalue weighted by molar-refractivity contribution is 7.92. The Labute approximate surface area is 132 Å². The van der Waals surface area contributed by atoms with E-state index in [-0.39, 0.29) is 11.3 Å². The molecule has 5 nitrogen and oxygen atoms in total. The van der Waals surface area contributed by atoms with Gasteiger partial charge in [-0.1, -0.05) is 39.0 Å². The van der Waals surface area contributed by atoms with Crippen LogP contribution in [0.5, 0.6) is 0 Å². The van der Waals surface area contributed by atoms with Crippen LogP contribution in [0.25, 0.3) is 0 Å². The van der Waals surface area contributed by atoms with Crippen molar-refractivity contribution in [2.45, 2.75) is 56.7 Å². The molecule has 0 amide bonds. The first-order valence-electron chi connectivity index (χ1n) is 7.18. The molecule has 0 aromatic heterocycles. The van der Waals surface area contributed by atoms with E-state index in [1.54, 1.807) is 32.0 Å². The van der Waals surface area contributed by atoms with Gasteiger partial charge in [0.05, 0.1) is 22.1 Å². The first-order chi connectivity index (χ1) is 9.84. The van der Waals surface area contributed by atoms with Crippen molar-refractivity contribution in [3.8, 4) is 0 Å². The third kappa shape index (κ3) is 3.33. The second-order valence-corrected chi connectivity index (χ2v) is 9.35. The fraction of sp³-hybridized carbons (Fsp3) is 0.562. The topological polar surface area (TPSA) is 97.5 Å². The van der Waals surface area contributed by atoms with Gasteiger partial charge in [-0.05, 0) is 30.9 Å². The normalized spacial score (nSPS) is 15.6. The third-order valence-corrected chi connectivity index (χ3v) is 6.27. The largest absolute Gasteiger partial charge is 0.481 e. The van der Waals surface area contributed by atoms with Gasteiger partial charge in [0.1, 0.15) is 0 Å². The summed E-state index contributed by atoms with van der Waals surface area (Å²) in [6.07, 6.45) is -0.346. The Morgan fingerprint density at radius 1 is 1.23 bits per heavy atom. The average Bonchev–Trinajstić information content (AvgIpc) is 2.36.